The first kappa shape index (κ1) is 14.7. The largest absolute Gasteiger partial charge is 0.348 e. The zero-order valence-electron chi connectivity index (χ0n) is 11.7. The number of hydrogen-bond acceptors (Lipinski definition) is 2. The van der Waals surface area contributed by atoms with Crippen molar-refractivity contribution in [2.24, 2.45) is 11.7 Å². The van der Waals surface area contributed by atoms with Crippen LogP contribution in [-0.2, 0) is 11.2 Å². The van der Waals surface area contributed by atoms with Crippen LogP contribution in [0.25, 0.3) is 0 Å². The van der Waals surface area contributed by atoms with Crippen molar-refractivity contribution < 1.29 is 4.79 Å². The third kappa shape index (κ3) is 3.84. The van der Waals surface area contributed by atoms with E-state index < -0.39 is 6.04 Å². The number of hydrogen-bond donors (Lipinski definition) is 2. The first-order valence-electron chi connectivity index (χ1n) is 6.60. The van der Waals surface area contributed by atoms with Crippen LogP contribution in [0.5, 0.6) is 0 Å². The Morgan fingerprint density at radius 1 is 1.22 bits per heavy atom. The van der Waals surface area contributed by atoms with Crippen molar-refractivity contribution in [3.05, 3.63) is 35.4 Å². The molecule has 1 amide bonds. The van der Waals surface area contributed by atoms with Crippen LogP contribution in [0.1, 0.15) is 44.9 Å². The van der Waals surface area contributed by atoms with Gasteiger partial charge >= 0.3 is 0 Å². The second-order valence-electron chi connectivity index (χ2n) is 5.10. The molecule has 0 aromatic heterocycles. The highest BCUT2D eigenvalue weighted by atomic mass is 16.2. The van der Waals surface area contributed by atoms with Gasteiger partial charge in [0.05, 0.1) is 12.1 Å². The summed E-state index contributed by atoms with van der Waals surface area (Å²) in [5.41, 5.74) is 8.23. The van der Waals surface area contributed by atoms with Crippen molar-refractivity contribution in [2.75, 3.05) is 0 Å². The van der Waals surface area contributed by atoms with Gasteiger partial charge in [-0.05, 0) is 30.4 Å². The minimum absolute atomic E-state index is 0.00629. The summed E-state index contributed by atoms with van der Waals surface area (Å²) < 4.78 is 0. The SMILES string of the molecule is CCc1ccc(C(C)NC(=O)[C@@H](N)C(C)C)cc1. The second-order valence-corrected chi connectivity index (χ2v) is 5.10. The molecule has 3 heteroatoms. The van der Waals surface area contributed by atoms with Gasteiger partial charge in [0.25, 0.3) is 0 Å². The van der Waals surface area contributed by atoms with E-state index >= 15 is 0 Å². The molecule has 1 unspecified atom stereocenters. The van der Waals surface area contributed by atoms with Crippen LogP contribution in [0.3, 0.4) is 0 Å². The maximum absolute atomic E-state index is 11.9. The highest BCUT2D eigenvalue weighted by molar-refractivity contribution is 5.82. The van der Waals surface area contributed by atoms with E-state index in [2.05, 4.69) is 36.5 Å². The average Bonchev–Trinajstić information content (AvgIpc) is 2.37. The molecule has 0 aliphatic carbocycles. The van der Waals surface area contributed by atoms with Crippen molar-refractivity contribution in [3.63, 3.8) is 0 Å². The topological polar surface area (TPSA) is 55.1 Å². The van der Waals surface area contributed by atoms with E-state index in [1.807, 2.05) is 20.8 Å². The summed E-state index contributed by atoms with van der Waals surface area (Å²) in [4.78, 5) is 11.9. The van der Waals surface area contributed by atoms with Crippen molar-refractivity contribution in [3.8, 4) is 0 Å². The van der Waals surface area contributed by atoms with Crippen LogP contribution >= 0.6 is 0 Å². The predicted octanol–water partition coefficient (Wildman–Crippen LogP) is 2.41. The standard InChI is InChI=1S/C15H24N2O/c1-5-12-6-8-13(9-7-12)11(4)17-15(18)14(16)10(2)3/h6-11,14H,5,16H2,1-4H3,(H,17,18)/t11?,14-/m0/s1. The zero-order chi connectivity index (χ0) is 13.7. The van der Waals surface area contributed by atoms with Gasteiger partial charge in [0.15, 0.2) is 0 Å². The van der Waals surface area contributed by atoms with Crippen LogP contribution in [0, 0.1) is 5.92 Å². The molecule has 1 aromatic carbocycles. The molecule has 0 radical (unpaired) electrons. The van der Waals surface area contributed by atoms with Gasteiger partial charge in [-0.25, -0.2) is 0 Å². The van der Waals surface area contributed by atoms with E-state index in [9.17, 15) is 4.79 Å². The van der Waals surface area contributed by atoms with Crippen LogP contribution < -0.4 is 11.1 Å². The van der Waals surface area contributed by atoms with Crippen molar-refractivity contribution in [1.82, 2.24) is 5.32 Å². The molecule has 0 saturated heterocycles. The Morgan fingerprint density at radius 3 is 2.22 bits per heavy atom. The minimum Gasteiger partial charge on any atom is -0.348 e. The van der Waals surface area contributed by atoms with Crippen molar-refractivity contribution in [2.45, 2.75) is 46.2 Å². The molecule has 3 N–H and O–H groups in total. The van der Waals surface area contributed by atoms with E-state index in [-0.39, 0.29) is 17.9 Å². The molecule has 3 nitrogen and oxygen atoms in total. The van der Waals surface area contributed by atoms with E-state index in [0.717, 1.165) is 12.0 Å². The third-order valence-corrected chi connectivity index (χ3v) is 3.27. The van der Waals surface area contributed by atoms with Gasteiger partial charge in [-0.15, -0.1) is 0 Å². The van der Waals surface area contributed by atoms with Gasteiger partial charge in [-0.1, -0.05) is 45.0 Å². The Hall–Kier alpha value is -1.35. The Kier molecular flexibility index (Phi) is 5.35. The Balaban J connectivity index is 2.64. The number of amides is 1. The molecule has 0 aliphatic heterocycles. The Bertz CT molecular complexity index is 384. The molecule has 18 heavy (non-hydrogen) atoms. The fourth-order valence-corrected chi connectivity index (χ4v) is 1.74. The normalized spacial score (nSPS) is 14.3. The van der Waals surface area contributed by atoms with E-state index in [0.29, 0.717) is 0 Å². The van der Waals surface area contributed by atoms with E-state index in [1.165, 1.54) is 5.56 Å². The lowest BCUT2D eigenvalue weighted by molar-refractivity contribution is -0.123. The second kappa shape index (κ2) is 6.55. The maximum Gasteiger partial charge on any atom is 0.237 e. The summed E-state index contributed by atoms with van der Waals surface area (Å²) in [7, 11) is 0. The molecule has 0 bridgehead atoms. The molecule has 1 aromatic rings. The highest BCUT2D eigenvalue weighted by Gasteiger charge is 2.19. The molecular formula is C15H24N2O. The summed E-state index contributed by atoms with van der Waals surface area (Å²) in [6.07, 6.45) is 1.03. The summed E-state index contributed by atoms with van der Waals surface area (Å²) >= 11 is 0. The average molecular weight is 248 g/mol. The lowest BCUT2D eigenvalue weighted by Crippen LogP contribution is -2.44. The van der Waals surface area contributed by atoms with E-state index in [1.54, 1.807) is 0 Å². The summed E-state index contributed by atoms with van der Waals surface area (Å²) in [6, 6.07) is 7.87. The minimum atomic E-state index is -0.442. The Morgan fingerprint density at radius 2 is 1.78 bits per heavy atom. The van der Waals surface area contributed by atoms with E-state index in [4.69, 9.17) is 5.73 Å². The van der Waals surface area contributed by atoms with Gasteiger partial charge in [-0.3, -0.25) is 4.79 Å². The first-order valence-corrected chi connectivity index (χ1v) is 6.60. The van der Waals surface area contributed by atoms with Gasteiger partial charge in [-0.2, -0.15) is 0 Å². The van der Waals surface area contributed by atoms with Crippen LogP contribution in [0.15, 0.2) is 24.3 Å². The molecule has 100 valence electrons. The Labute approximate surface area is 110 Å². The molecule has 0 aliphatic rings. The first-order chi connectivity index (χ1) is 8.45. The van der Waals surface area contributed by atoms with Crippen molar-refractivity contribution in [1.29, 1.82) is 0 Å². The summed E-state index contributed by atoms with van der Waals surface area (Å²) in [5, 5.41) is 2.95. The highest BCUT2D eigenvalue weighted by Crippen LogP contribution is 2.14. The lowest BCUT2D eigenvalue weighted by atomic mass is 10.0. The molecular weight excluding hydrogens is 224 g/mol. The quantitative estimate of drug-likeness (QED) is 0.840. The zero-order valence-corrected chi connectivity index (χ0v) is 11.7. The van der Waals surface area contributed by atoms with Gasteiger partial charge < -0.3 is 11.1 Å². The number of rotatable bonds is 5. The van der Waals surface area contributed by atoms with Gasteiger partial charge in [0, 0.05) is 0 Å². The summed E-state index contributed by atoms with van der Waals surface area (Å²) in [6.45, 7) is 8.00. The van der Waals surface area contributed by atoms with Gasteiger partial charge in [0.1, 0.15) is 0 Å². The molecule has 0 heterocycles. The number of nitrogens with one attached hydrogen (secondary N) is 1. The van der Waals surface area contributed by atoms with Crippen LogP contribution in [-0.4, -0.2) is 11.9 Å². The predicted molar refractivity (Wildman–Crippen MR) is 75.2 cm³/mol. The molecule has 2 atom stereocenters. The molecule has 0 saturated carbocycles. The van der Waals surface area contributed by atoms with Crippen LogP contribution in [0.2, 0.25) is 0 Å². The monoisotopic (exact) mass is 248 g/mol. The van der Waals surface area contributed by atoms with Crippen LogP contribution in [0.4, 0.5) is 0 Å². The molecule has 0 spiro atoms. The fourth-order valence-electron chi connectivity index (χ4n) is 1.74. The number of benzene rings is 1. The van der Waals surface area contributed by atoms with Crippen molar-refractivity contribution >= 4 is 5.91 Å². The third-order valence-electron chi connectivity index (χ3n) is 3.27. The number of carbonyl (C=O) groups excluding carboxylic acids is 1. The number of carbonyl (C=O) groups is 1. The molecule has 1 rings (SSSR count). The number of nitrogens with two attached hydrogens (primary N) is 1. The molecule has 0 fully saturated rings. The smallest absolute Gasteiger partial charge is 0.237 e. The maximum atomic E-state index is 11.9. The fraction of sp³-hybridized carbons (Fsp3) is 0.533. The van der Waals surface area contributed by atoms with Gasteiger partial charge in [0.2, 0.25) is 5.91 Å². The number of aryl methyl sites for hydroxylation is 1. The summed E-state index contributed by atoms with van der Waals surface area (Å²) in [5.74, 6) is 0.0664. The lowest BCUT2D eigenvalue weighted by Gasteiger charge is -2.20.